The van der Waals surface area contributed by atoms with Gasteiger partial charge < -0.3 is 9.13 Å². The number of Topliss-reactive ketones (excluding diaryl/α,β-unsaturated/α-hetero) is 1. The summed E-state index contributed by atoms with van der Waals surface area (Å²) in [5, 5.41) is 1.02. The Morgan fingerprint density at radius 1 is 1.04 bits per heavy atom. The Bertz CT molecular complexity index is 838. The van der Waals surface area contributed by atoms with Crippen molar-refractivity contribution in [2.24, 2.45) is 0 Å². The van der Waals surface area contributed by atoms with Crippen LogP contribution in [-0.2, 0) is 0 Å². The number of ketones is 1. The number of imidazole rings is 1. The zero-order valence-corrected chi connectivity index (χ0v) is 17.2. The van der Waals surface area contributed by atoms with Crippen LogP contribution in [-0.4, -0.2) is 25.7 Å². The molecule has 2 saturated carbocycles. The van der Waals surface area contributed by atoms with E-state index in [9.17, 15) is 4.79 Å². The van der Waals surface area contributed by atoms with Gasteiger partial charge in [-0.1, -0.05) is 24.6 Å². The quantitative estimate of drug-likeness (QED) is 0.508. The van der Waals surface area contributed by atoms with Crippen molar-refractivity contribution in [1.29, 1.82) is 0 Å². The third-order valence-electron chi connectivity index (χ3n) is 6.07. The molecule has 2 fully saturated rings. The van der Waals surface area contributed by atoms with Crippen molar-refractivity contribution in [2.75, 3.05) is 5.75 Å². The molecule has 0 unspecified atom stereocenters. The van der Waals surface area contributed by atoms with E-state index >= 15 is 0 Å². The van der Waals surface area contributed by atoms with Crippen LogP contribution in [0.4, 0.5) is 0 Å². The number of thioether (sulfide) groups is 1. The predicted molar refractivity (Wildman–Crippen MR) is 106 cm³/mol. The zero-order chi connectivity index (χ0) is 18.4. The topological polar surface area (TPSA) is 39.8 Å². The van der Waals surface area contributed by atoms with Crippen LogP contribution in [0.3, 0.4) is 0 Å². The van der Waals surface area contributed by atoms with Crippen LogP contribution in [0.25, 0.3) is 0 Å². The van der Waals surface area contributed by atoms with Crippen LogP contribution in [0.2, 0.25) is 0 Å². The summed E-state index contributed by atoms with van der Waals surface area (Å²) >= 11 is 1.61. The summed E-state index contributed by atoms with van der Waals surface area (Å²) in [5.41, 5.74) is 5.62. The lowest BCUT2D eigenvalue weighted by Crippen LogP contribution is -2.10. The van der Waals surface area contributed by atoms with Crippen LogP contribution in [0.15, 0.2) is 11.2 Å². The van der Waals surface area contributed by atoms with Gasteiger partial charge in [0.25, 0.3) is 0 Å². The predicted octanol–water partition coefficient (Wildman–Crippen LogP) is 5.34. The molecule has 0 bridgehead atoms. The molecular formula is C21H29N3OS. The molecule has 140 valence electrons. The molecule has 0 aromatic carbocycles. The summed E-state index contributed by atoms with van der Waals surface area (Å²) in [4.78, 5) is 17.7. The summed E-state index contributed by atoms with van der Waals surface area (Å²) in [7, 11) is 0. The highest BCUT2D eigenvalue weighted by Crippen LogP contribution is 2.39. The third kappa shape index (κ3) is 3.15. The zero-order valence-electron chi connectivity index (χ0n) is 16.3. The number of hydrogen-bond donors (Lipinski definition) is 0. The molecule has 4 nitrogen and oxygen atoms in total. The van der Waals surface area contributed by atoms with Gasteiger partial charge in [0.05, 0.1) is 11.4 Å². The number of aromatic nitrogens is 3. The molecule has 0 N–H and O–H groups in total. The average Bonchev–Trinajstić information content (AvgIpc) is 3.07. The van der Waals surface area contributed by atoms with E-state index in [1.165, 1.54) is 49.9 Å². The lowest BCUT2D eigenvalue weighted by atomic mass is 10.2. The Hall–Kier alpha value is -1.49. The first-order chi connectivity index (χ1) is 12.5. The maximum atomic E-state index is 12.9. The molecule has 5 heteroatoms. The second-order valence-corrected chi connectivity index (χ2v) is 8.91. The monoisotopic (exact) mass is 371 g/mol. The molecule has 26 heavy (non-hydrogen) atoms. The van der Waals surface area contributed by atoms with Crippen LogP contribution in [0.1, 0.15) is 83.7 Å². The summed E-state index contributed by atoms with van der Waals surface area (Å²) in [6.07, 6.45) is 7.57. The molecule has 0 spiro atoms. The highest BCUT2D eigenvalue weighted by molar-refractivity contribution is 7.99. The van der Waals surface area contributed by atoms with Gasteiger partial charge in [-0.15, -0.1) is 0 Å². The Morgan fingerprint density at radius 3 is 2.35 bits per heavy atom. The molecule has 2 aliphatic carbocycles. The first-order valence-electron chi connectivity index (χ1n) is 9.87. The van der Waals surface area contributed by atoms with Gasteiger partial charge in [0.2, 0.25) is 0 Å². The second kappa shape index (κ2) is 6.91. The van der Waals surface area contributed by atoms with E-state index in [2.05, 4.69) is 42.9 Å². The lowest BCUT2D eigenvalue weighted by molar-refractivity contribution is 0.102. The SMILES string of the molecule is Cc1nc(SCC(=O)c2cc(C)n(C3CC3)c2C)n(C2CCCC2)c1C. The molecule has 2 heterocycles. The number of carbonyl (C=O) groups excluding carboxylic acids is 1. The maximum absolute atomic E-state index is 12.9. The van der Waals surface area contributed by atoms with Crippen molar-refractivity contribution in [3.63, 3.8) is 0 Å². The van der Waals surface area contributed by atoms with Gasteiger partial charge in [0.15, 0.2) is 10.9 Å². The summed E-state index contributed by atoms with van der Waals surface area (Å²) < 4.78 is 4.75. The van der Waals surface area contributed by atoms with Crippen LogP contribution in [0.5, 0.6) is 0 Å². The molecule has 4 rings (SSSR count). The number of aryl methyl sites for hydroxylation is 2. The summed E-state index contributed by atoms with van der Waals surface area (Å²) in [6, 6.07) is 3.26. The number of rotatable bonds is 6. The average molecular weight is 372 g/mol. The van der Waals surface area contributed by atoms with E-state index in [0.717, 1.165) is 22.1 Å². The minimum atomic E-state index is 0.228. The van der Waals surface area contributed by atoms with E-state index in [1.807, 2.05) is 0 Å². The van der Waals surface area contributed by atoms with E-state index in [-0.39, 0.29) is 5.78 Å². The van der Waals surface area contributed by atoms with Crippen molar-refractivity contribution < 1.29 is 4.79 Å². The van der Waals surface area contributed by atoms with Gasteiger partial charge in [0, 0.05) is 34.7 Å². The minimum Gasteiger partial charge on any atom is -0.345 e. The van der Waals surface area contributed by atoms with Crippen LogP contribution in [0, 0.1) is 27.7 Å². The van der Waals surface area contributed by atoms with Gasteiger partial charge in [-0.2, -0.15) is 0 Å². The molecule has 0 atom stereocenters. The Balaban J connectivity index is 1.52. The molecule has 2 aromatic rings. The molecule has 0 aliphatic heterocycles. The van der Waals surface area contributed by atoms with E-state index in [4.69, 9.17) is 4.98 Å². The summed E-state index contributed by atoms with van der Waals surface area (Å²) in [5.74, 6) is 0.698. The van der Waals surface area contributed by atoms with Crippen molar-refractivity contribution in [3.8, 4) is 0 Å². The fourth-order valence-electron chi connectivity index (χ4n) is 4.45. The van der Waals surface area contributed by atoms with Crippen molar-refractivity contribution in [1.82, 2.24) is 14.1 Å². The first kappa shape index (κ1) is 17.9. The standard InChI is InChI=1S/C21H29N3OS/c1-13-11-19(16(4)23(13)18-9-10-18)20(25)12-26-21-22-14(2)15(3)24(21)17-7-5-6-8-17/h11,17-18H,5-10,12H2,1-4H3. The van der Waals surface area contributed by atoms with Gasteiger partial charge >= 0.3 is 0 Å². The highest BCUT2D eigenvalue weighted by atomic mass is 32.2. The lowest BCUT2D eigenvalue weighted by Gasteiger charge is -2.16. The van der Waals surface area contributed by atoms with Crippen LogP contribution < -0.4 is 0 Å². The minimum absolute atomic E-state index is 0.228. The van der Waals surface area contributed by atoms with Gasteiger partial charge in [-0.3, -0.25) is 4.79 Å². The molecule has 2 aromatic heterocycles. The van der Waals surface area contributed by atoms with Crippen molar-refractivity contribution in [3.05, 3.63) is 34.4 Å². The fourth-order valence-corrected chi connectivity index (χ4v) is 5.49. The molecular weight excluding hydrogens is 342 g/mol. The Labute approximate surface area is 160 Å². The Kier molecular flexibility index (Phi) is 4.76. The normalized spacial score (nSPS) is 18.0. The van der Waals surface area contributed by atoms with Gasteiger partial charge in [-0.05, 0) is 59.4 Å². The molecule has 0 amide bonds. The summed E-state index contributed by atoms with van der Waals surface area (Å²) in [6.45, 7) is 8.46. The van der Waals surface area contributed by atoms with Crippen molar-refractivity contribution >= 4 is 17.5 Å². The second-order valence-electron chi connectivity index (χ2n) is 7.97. The molecule has 2 aliphatic rings. The first-order valence-corrected chi connectivity index (χ1v) is 10.9. The van der Waals surface area contributed by atoms with Crippen molar-refractivity contribution in [2.45, 2.75) is 83.5 Å². The largest absolute Gasteiger partial charge is 0.345 e. The number of nitrogens with zero attached hydrogens (tertiary/aromatic N) is 3. The van der Waals surface area contributed by atoms with Gasteiger partial charge in [-0.25, -0.2) is 4.98 Å². The fraction of sp³-hybridized carbons (Fsp3) is 0.619. The molecule has 0 saturated heterocycles. The van der Waals surface area contributed by atoms with Gasteiger partial charge in [0.1, 0.15) is 0 Å². The van der Waals surface area contributed by atoms with E-state index in [1.54, 1.807) is 11.8 Å². The Morgan fingerprint density at radius 2 is 1.69 bits per heavy atom. The highest BCUT2D eigenvalue weighted by Gasteiger charge is 2.29. The number of hydrogen-bond acceptors (Lipinski definition) is 3. The van der Waals surface area contributed by atoms with E-state index < -0.39 is 0 Å². The number of carbonyl (C=O) groups is 1. The smallest absolute Gasteiger partial charge is 0.175 e. The third-order valence-corrected chi connectivity index (χ3v) is 7.03. The van der Waals surface area contributed by atoms with E-state index in [0.29, 0.717) is 17.8 Å². The molecule has 0 radical (unpaired) electrons. The maximum Gasteiger partial charge on any atom is 0.175 e. The van der Waals surface area contributed by atoms with Crippen LogP contribution >= 0.6 is 11.8 Å².